The van der Waals surface area contributed by atoms with Crippen LogP contribution in [0.1, 0.15) is 52.0 Å². The topological polar surface area (TPSA) is 58.6 Å². The van der Waals surface area contributed by atoms with Gasteiger partial charge in [0.2, 0.25) is 11.8 Å². The van der Waals surface area contributed by atoms with Crippen LogP contribution >= 0.6 is 0 Å². The number of carbonyl (C=O) groups is 2. The molecule has 0 saturated carbocycles. The molecule has 29 heavy (non-hydrogen) atoms. The molecule has 2 heterocycles. The summed E-state index contributed by atoms with van der Waals surface area (Å²) >= 11 is 0. The molecule has 2 saturated heterocycles. The highest BCUT2D eigenvalue weighted by molar-refractivity contribution is 5.89. The van der Waals surface area contributed by atoms with E-state index in [9.17, 15) is 14.0 Å². The molecule has 0 aromatic heterocycles. The maximum atomic E-state index is 13.9. The molecule has 0 spiro atoms. The molecule has 3 rings (SSSR count). The Labute approximate surface area is 173 Å². The molecule has 2 aliphatic rings. The largest absolute Gasteiger partial charge is 0.381 e. The molecule has 1 aromatic carbocycles. The van der Waals surface area contributed by atoms with E-state index in [0.717, 1.165) is 5.56 Å². The van der Waals surface area contributed by atoms with Crippen molar-refractivity contribution in [1.82, 2.24) is 10.2 Å². The average molecular weight is 405 g/mol. The van der Waals surface area contributed by atoms with E-state index >= 15 is 0 Å². The number of carbonyl (C=O) groups excluding carboxylic acids is 2. The highest BCUT2D eigenvalue weighted by Gasteiger charge is 2.45. The first kappa shape index (κ1) is 21.8. The van der Waals surface area contributed by atoms with Gasteiger partial charge < -0.3 is 15.0 Å². The van der Waals surface area contributed by atoms with E-state index in [1.165, 1.54) is 12.1 Å². The maximum Gasteiger partial charge on any atom is 0.233 e. The molecule has 160 valence electrons. The number of hydrogen-bond donors (Lipinski definition) is 1. The number of nitrogens with one attached hydrogen (secondary N) is 1. The van der Waals surface area contributed by atoms with Crippen LogP contribution < -0.4 is 5.32 Å². The van der Waals surface area contributed by atoms with E-state index in [2.05, 4.69) is 19.2 Å². The van der Waals surface area contributed by atoms with Crippen LogP contribution in [0.25, 0.3) is 0 Å². The lowest BCUT2D eigenvalue weighted by molar-refractivity contribution is -0.144. The summed E-state index contributed by atoms with van der Waals surface area (Å²) in [6.45, 7) is 8.31. The summed E-state index contributed by atoms with van der Waals surface area (Å²) in [7, 11) is 0. The Morgan fingerprint density at radius 1 is 1.17 bits per heavy atom. The smallest absolute Gasteiger partial charge is 0.233 e. The number of ether oxygens (including phenoxy) is 1. The number of amides is 2. The molecule has 5 nitrogen and oxygen atoms in total. The van der Waals surface area contributed by atoms with Gasteiger partial charge in [0.05, 0.1) is 5.41 Å². The van der Waals surface area contributed by atoms with Gasteiger partial charge in [-0.25, -0.2) is 4.39 Å². The van der Waals surface area contributed by atoms with Crippen LogP contribution in [0, 0.1) is 17.7 Å². The van der Waals surface area contributed by atoms with Crippen molar-refractivity contribution in [3.05, 3.63) is 35.6 Å². The van der Waals surface area contributed by atoms with Crippen LogP contribution in [0.3, 0.4) is 0 Å². The molecule has 1 aromatic rings. The van der Waals surface area contributed by atoms with Crippen molar-refractivity contribution >= 4 is 11.8 Å². The second-order valence-electron chi connectivity index (χ2n) is 8.81. The van der Waals surface area contributed by atoms with Crippen molar-refractivity contribution in [2.45, 2.75) is 57.9 Å². The maximum absolute atomic E-state index is 13.9. The zero-order valence-electron chi connectivity index (χ0n) is 17.7. The van der Waals surface area contributed by atoms with Gasteiger partial charge in [-0.2, -0.15) is 0 Å². The summed E-state index contributed by atoms with van der Waals surface area (Å²) in [6.07, 6.45) is 2.44. The fraction of sp³-hybridized carbons (Fsp3) is 0.652. The van der Waals surface area contributed by atoms with Gasteiger partial charge in [-0.15, -0.1) is 0 Å². The predicted molar refractivity (Wildman–Crippen MR) is 110 cm³/mol. The molecule has 0 radical (unpaired) electrons. The monoisotopic (exact) mass is 404 g/mol. The SMILES string of the molecule is CC(C)C(C)NC(=O)C1CCN(C(=O)C2(c3cccc(F)c3)CCOCC2)CC1. The van der Waals surface area contributed by atoms with Gasteiger partial charge in [0.25, 0.3) is 0 Å². The fourth-order valence-corrected chi connectivity index (χ4v) is 4.29. The normalized spacial score (nSPS) is 21.1. The van der Waals surface area contributed by atoms with Gasteiger partial charge in [0.15, 0.2) is 0 Å². The Hall–Kier alpha value is -1.95. The lowest BCUT2D eigenvalue weighted by atomic mass is 9.72. The van der Waals surface area contributed by atoms with E-state index in [1.807, 2.05) is 17.9 Å². The standard InChI is InChI=1S/C23H33FN2O3/c1-16(2)17(3)25-21(27)18-7-11-26(12-8-18)22(28)23(9-13-29-14-10-23)19-5-4-6-20(24)15-19/h4-6,15-18H,7-14H2,1-3H3,(H,25,27). The molecule has 1 N–H and O–H groups in total. The molecule has 1 unspecified atom stereocenters. The van der Waals surface area contributed by atoms with Gasteiger partial charge in [0.1, 0.15) is 5.82 Å². The van der Waals surface area contributed by atoms with Crippen LogP contribution in [0.5, 0.6) is 0 Å². The molecular weight excluding hydrogens is 371 g/mol. The summed E-state index contributed by atoms with van der Waals surface area (Å²) in [5, 5.41) is 3.10. The van der Waals surface area contributed by atoms with Crippen LogP contribution in [-0.2, 0) is 19.7 Å². The van der Waals surface area contributed by atoms with Crippen molar-refractivity contribution in [3.63, 3.8) is 0 Å². The van der Waals surface area contributed by atoms with E-state index in [-0.39, 0.29) is 29.6 Å². The van der Waals surface area contributed by atoms with Gasteiger partial charge >= 0.3 is 0 Å². The number of rotatable bonds is 5. The number of likely N-dealkylation sites (tertiary alicyclic amines) is 1. The van der Waals surface area contributed by atoms with E-state index < -0.39 is 5.41 Å². The van der Waals surface area contributed by atoms with Crippen LogP contribution in [0.4, 0.5) is 4.39 Å². The Morgan fingerprint density at radius 2 is 1.83 bits per heavy atom. The second-order valence-corrected chi connectivity index (χ2v) is 8.81. The summed E-state index contributed by atoms with van der Waals surface area (Å²) in [5.41, 5.74) is -0.00172. The van der Waals surface area contributed by atoms with Crippen molar-refractivity contribution in [2.75, 3.05) is 26.3 Å². The van der Waals surface area contributed by atoms with E-state index in [4.69, 9.17) is 4.74 Å². The first-order chi connectivity index (χ1) is 13.8. The molecular formula is C23H33FN2O3. The summed E-state index contributed by atoms with van der Waals surface area (Å²) < 4.78 is 19.4. The Bertz CT molecular complexity index is 723. The second kappa shape index (κ2) is 9.24. The van der Waals surface area contributed by atoms with Crippen LogP contribution in [-0.4, -0.2) is 49.1 Å². The minimum absolute atomic E-state index is 0.0424. The number of hydrogen-bond acceptors (Lipinski definition) is 3. The quantitative estimate of drug-likeness (QED) is 0.819. The zero-order valence-corrected chi connectivity index (χ0v) is 17.7. The molecule has 2 fully saturated rings. The first-order valence-electron chi connectivity index (χ1n) is 10.8. The summed E-state index contributed by atoms with van der Waals surface area (Å²) in [5.74, 6) is 0.140. The van der Waals surface area contributed by atoms with Crippen LogP contribution in [0.15, 0.2) is 24.3 Å². The lowest BCUT2D eigenvalue weighted by Gasteiger charge is -2.42. The van der Waals surface area contributed by atoms with Crippen molar-refractivity contribution in [2.24, 2.45) is 11.8 Å². The van der Waals surface area contributed by atoms with Gasteiger partial charge in [0, 0.05) is 38.3 Å². The zero-order chi connectivity index (χ0) is 21.0. The summed E-state index contributed by atoms with van der Waals surface area (Å²) in [6, 6.07) is 6.54. The first-order valence-corrected chi connectivity index (χ1v) is 10.8. The Balaban J connectivity index is 1.69. The molecule has 2 aliphatic heterocycles. The van der Waals surface area contributed by atoms with Gasteiger partial charge in [-0.1, -0.05) is 26.0 Å². The van der Waals surface area contributed by atoms with Crippen molar-refractivity contribution in [1.29, 1.82) is 0 Å². The van der Waals surface area contributed by atoms with E-state index in [1.54, 1.807) is 6.07 Å². The molecule has 0 aliphatic carbocycles. The van der Waals surface area contributed by atoms with Crippen molar-refractivity contribution < 1.29 is 18.7 Å². The number of halogens is 1. The molecule has 1 atom stereocenters. The Kier molecular flexibility index (Phi) is 6.93. The summed E-state index contributed by atoms with van der Waals surface area (Å²) in [4.78, 5) is 28.0. The van der Waals surface area contributed by atoms with Gasteiger partial charge in [-0.05, 0) is 56.2 Å². The predicted octanol–water partition coefficient (Wildman–Crippen LogP) is 3.27. The lowest BCUT2D eigenvalue weighted by Crippen LogP contribution is -2.53. The third-order valence-corrected chi connectivity index (χ3v) is 6.66. The minimum atomic E-state index is -0.735. The van der Waals surface area contributed by atoms with Gasteiger partial charge in [-0.3, -0.25) is 9.59 Å². The number of nitrogens with zero attached hydrogens (tertiary/aromatic N) is 1. The molecule has 2 amide bonds. The molecule has 0 bridgehead atoms. The molecule has 6 heteroatoms. The van der Waals surface area contributed by atoms with Crippen LogP contribution in [0.2, 0.25) is 0 Å². The third-order valence-electron chi connectivity index (χ3n) is 6.66. The van der Waals surface area contributed by atoms with Crippen molar-refractivity contribution in [3.8, 4) is 0 Å². The number of benzene rings is 1. The highest BCUT2D eigenvalue weighted by atomic mass is 19.1. The third kappa shape index (κ3) is 4.80. The fourth-order valence-electron chi connectivity index (χ4n) is 4.29. The minimum Gasteiger partial charge on any atom is -0.381 e. The number of piperidine rings is 1. The average Bonchev–Trinajstić information content (AvgIpc) is 2.73. The van der Waals surface area contributed by atoms with E-state index in [0.29, 0.717) is 57.9 Å². The highest BCUT2D eigenvalue weighted by Crippen LogP contribution is 2.38. The Morgan fingerprint density at radius 3 is 2.41 bits per heavy atom.